The number of nitrogens with two attached hydrogens (primary N) is 1. The van der Waals surface area contributed by atoms with Gasteiger partial charge in [-0.15, -0.1) is 11.3 Å². The van der Waals surface area contributed by atoms with Crippen LogP contribution >= 0.6 is 11.3 Å². The minimum atomic E-state index is -0.153. The third-order valence-corrected chi connectivity index (χ3v) is 2.96. The average Bonchev–Trinajstić information content (AvgIpc) is 2.74. The number of thiazole rings is 1. The summed E-state index contributed by atoms with van der Waals surface area (Å²) >= 11 is 1.40. The van der Waals surface area contributed by atoms with Crippen molar-refractivity contribution in [1.82, 2.24) is 10.3 Å². The molecule has 0 aromatic carbocycles. The normalized spacial score (nSPS) is 12.4. The molecule has 1 aromatic heterocycles. The van der Waals surface area contributed by atoms with Crippen molar-refractivity contribution in [2.45, 2.75) is 25.9 Å². The Kier molecular flexibility index (Phi) is 5.37. The molecule has 0 aliphatic heterocycles. The van der Waals surface area contributed by atoms with E-state index in [1.165, 1.54) is 11.3 Å². The molecule has 6 heteroatoms. The molecule has 16 heavy (non-hydrogen) atoms. The van der Waals surface area contributed by atoms with Crippen LogP contribution in [-0.4, -0.2) is 30.6 Å². The minimum Gasteiger partial charge on any atom is -0.385 e. The molecule has 0 fully saturated rings. The first-order valence-corrected chi connectivity index (χ1v) is 5.99. The summed E-state index contributed by atoms with van der Waals surface area (Å²) in [5, 5.41) is 5.35. The van der Waals surface area contributed by atoms with Crippen LogP contribution in [0, 0.1) is 0 Å². The Morgan fingerprint density at radius 1 is 1.75 bits per heavy atom. The summed E-state index contributed by atoms with van der Waals surface area (Å²) in [4.78, 5) is 15.8. The molecular formula is C10H17N3O2S. The van der Waals surface area contributed by atoms with Gasteiger partial charge in [-0.3, -0.25) is 4.79 Å². The van der Waals surface area contributed by atoms with E-state index in [0.717, 1.165) is 11.4 Å². The van der Waals surface area contributed by atoms with E-state index in [1.54, 1.807) is 12.5 Å². The fourth-order valence-electron chi connectivity index (χ4n) is 1.17. The van der Waals surface area contributed by atoms with E-state index in [1.807, 2.05) is 6.92 Å². The third kappa shape index (κ3) is 3.88. The molecule has 5 nitrogen and oxygen atoms in total. The second kappa shape index (κ2) is 6.57. The average molecular weight is 243 g/mol. The molecule has 1 heterocycles. The van der Waals surface area contributed by atoms with Crippen molar-refractivity contribution in [3.63, 3.8) is 0 Å². The standard InChI is InChI=1S/C10H17N3O2S/c1-7(3-4-15-2)12-10(14)8-6-16-9(5-11)13-8/h6-7H,3-5,11H2,1-2H3,(H,12,14). The maximum atomic E-state index is 11.7. The SMILES string of the molecule is COCCC(C)NC(=O)c1csc(CN)n1. The van der Waals surface area contributed by atoms with Crippen molar-refractivity contribution in [2.24, 2.45) is 5.73 Å². The second-order valence-electron chi connectivity index (χ2n) is 3.49. The van der Waals surface area contributed by atoms with Crippen LogP contribution in [0.1, 0.15) is 28.8 Å². The Balaban J connectivity index is 2.45. The van der Waals surface area contributed by atoms with Crippen molar-refractivity contribution < 1.29 is 9.53 Å². The smallest absolute Gasteiger partial charge is 0.270 e. The number of hydrogen-bond donors (Lipinski definition) is 2. The molecular weight excluding hydrogens is 226 g/mol. The molecule has 1 aromatic rings. The molecule has 1 amide bonds. The number of methoxy groups -OCH3 is 1. The highest BCUT2D eigenvalue weighted by Gasteiger charge is 2.12. The van der Waals surface area contributed by atoms with E-state index in [0.29, 0.717) is 18.8 Å². The Labute approximate surface area is 99.0 Å². The number of aromatic nitrogens is 1. The Bertz CT molecular complexity index is 341. The van der Waals surface area contributed by atoms with Gasteiger partial charge in [0.1, 0.15) is 10.7 Å². The minimum absolute atomic E-state index is 0.0791. The predicted molar refractivity (Wildman–Crippen MR) is 63.4 cm³/mol. The molecule has 0 aliphatic carbocycles. The van der Waals surface area contributed by atoms with Crippen LogP contribution in [0.5, 0.6) is 0 Å². The van der Waals surface area contributed by atoms with Crippen molar-refractivity contribution in [2.75, 3.05) is 13.7 Å². The fraction of sp³-hybridized carbons (Fsp3) is 0.600. The van der Waals surface area contributed by atoms with E-state index in [9.17, 15) is 4.79 Å². The molecule has 90 valence electrons. The molecule has 0 saturated carbocycles. The highest BCUT2D eigenvalue weighted by atomic mass is 32.1. The lowest BCUT2D eigenvalue weighted by Crippen LogP contribution is -2.33. The van der Waals surface area contributed by atoms with E-state index in [4.69, 9.17) is 10.5 Å². The summed E-state index contributed by atoms with van der Waals surface area (Å²) in [7, 11) is 1.64. The van der Waals surface area contributed by atoms with Crippen molar-refractivity contribution in [1.29, 1.82) is 0 Å². The highest BCUT2D eigenvalue weighted by Crippen LogP contribution is 2.08. The molecule has 1 unspecified atom stereocenters. The van der Waals surface area contributed by atoms with E-state index in [-0.39, 0.29) is 11.9 Å². The maximum Gasteiger partial charge on any atom is 0.270 e. The van der Waals surface area contributed by atoms with Gasteiger partial charge in [-0.25, -0.2) is 4.98 Å². The first-order valence-electron chi connectivity index (χ1n) is 5.11. The zero-order valence-corrected chi connectivity index (χ0v) is 10.3. The number of ether oxygens (including phenoxy) is 1. The van der Waals surface area contributed by atoms with Gasteiger partial charge in [0.25, 0.3) is 5.91 Å². The lowest BCUT2D eigenvalue weighted by molar-refractivity contribution is 0.0925. The number of carbonyl (C=O) groups is 1. The zero-order chi connectivity index (χ0) is 12.0. The van der Waals surface area contributed by atoms with Gasteiger partial charge < -0.3 is 15.8 Å². The summed E-state index contributed by atoms with van der Waals surface area (Å²) in [5.74, 6) is -0.153. The van der Waals surface area contributed by atoms with Gasteiger partial charge >= 0.3 is 0 Å². The van der Waals surface area contributed by atoms with Gasteiger partial charge in [0.15, 0.2) is 0 Å². The quantitative estimate of drug-likeness (QED) is 0.773. The zero-order valence-electron chi connectivity index (χ0n) is 9.53. The highest BCUT2D eigenvalue weighted by molar-refractivity contribution is 7.09. The Morgan fingerprint density at radius 2 is 2.50 bits per heavy atom. The molecule has 0 radical (unpaired) electrons. The second-order valence-corrected chi connectivity index (χ2v) is 4.43. The molecule has 0 bridgehead atoms. The van der Waals surface area contributed by atoms with Gasteiger partial charge in [0, 0.05) is 31.7 Å². The van der Waals surface area contributed by atoms with Gasteiger partial charge in [-0.05, 0) is 13.3 Å². The number of amides is 1. The first kappa shape index (κ1) is 13.1. The molecule has 1 atom stereocenters. The molecule has 0 spiro atoms. The lowest BCUT2D eigenvalue weighted by Gasteiger charge is -2.11. The predicted octanol–water partition coefficient (Wildman–Crippen LogP) is 0.757. The van der Waals surface area contributed by atoms with Crippen molar-refractivity contribution in [3.05, 3.63) is 16.1 Å². The summed E-state index contributed by atoms with van der Waals surface area (Å²) in [5.41, 5.74) is 5.87. The van der Waals surface area contributed by atoms with Crippen LogP contribution in [0.3, 0.4) is 0 Å². The summed E-state index contributed by atoms with van der Waals surface area (Å²) in [6, 6.07) is 0.0791. The maximum absolute atomic E-state index is 11.7. The van der Waals surface area contributed by atoms with Crippen LogP contribution in [0.25, 0.3) is 0 Å². The number of nitrogens with zero attached hydrogens (tertiary/aromatic N) is 1. The summed E-state index contributed by atoms with van der Waals surface area (Å²) < 4.78 is 4.94. The molecule has 0 saturated heterocycles. The number of nitrogens with one attached hydrogen (secondary N) is 1. The monoisotopic (exact) mass is 243 g/mol. The topological polar surface area (TPSA) is 77.2 Å². The van der Waals surface area contributed by atoms with Crippen LogP contribution < -0.4 is 11.1 Å². The summed E-state index contributed by atoms with van der Waals surface area (Å²) in [6.45, 7) is 2.94. The Morgan fingerprint density at radius 3 is 3.06 bits per heavy atom. The summed E-state index contributed by atoms with van der Waals surface area (Å²) in [6.07, 6.45) is 0.788. The van der Waals surface area contributed by atoms with Gasteiger partial charge in [-0.2, -0.15) is 0 Å². The molecule has 0 aliphatic rings. The van der Waals surface area contributed by atoms with Crippen LogP contribution in [0.15, 0.2) is 5.38 Å². The van der Waals surface area contributed by atoms with E-state index >= 15 is 0 Å². The number of hydrogen-bond acceptors (Lipinski definition) is 5. The van der Waals surface area contributed by atoms with Gasteiger partial charge in [-0.1, -0.05) is 0 Å². The lowest BCUT2D eigenvalue weighted by atomic mass is 10.2. The third-order valence-electron chi connectivity index (χ3n) is 2.09. The molecule has 3 N–H and O–H groups in total. The molecule has 1 rings (SSSR count). The van der Waals surface area contributed by atoms with Crippen molar-refractivity contribution >= 4 is 17.2 Å². The number of carbonyl (C=O) groups excluding carboxylic acids is 1. The van der Waals surface area contributed by atoms with Crippen LogP contribution in [-0.2, 0) is 11.3 Å². The van der Waals surface area contributed by atoms with Gasteiger partial charge in [0.2, 0.25) is 0 Å². The fourth-order valence-corrected chi connectivity index (χ4v) is 1.83. The van der Waals surface area contributed by atoms with E-state index in [2.05, 4.69) is 10.3 Å². The van der Waals surface area contributed by atoms with Crippen LogP contribution in [0.4, 0.5) is 0 Å². The number of rotatable bonds is 6. The van der Waals surface area contributed by atoms with E-state index < -0.39 is 0 Å². The Hall–Kier alpha value is -0.980. The first-order chi connectivity index (χ1) is 7.67. The largest absolute Gasteiger partial charge is 0.385 e. The van der Waals surface area contributed by atoms with Crippen LogP contribution in [0.2, 0.25) is 0 Å². The van der Waals surface area contributed by atoms with Gasteiger partial charge in [0.05, 0.1) is 0 Å². The van der Waals surface area contributed by atoms with Crippen molar-refractivity contribution in [3.8, 4) is 0 Å².